The van der Waals surface area contributed by atoms with Crippen molar-refractivity contribution in [3.05, 3.63) is 34.9 Å². The zero-order valence-corrected chi connectivity index (χ0v) is 11.4. The quantitative estimate of drug-likeness (QED) is 0.816. The van der Waals surface area contributed by atoms with Gasteiger partial charge >= 0.3 is 0 Å². The summed E-state index contributed by atoms with van der Waals surface area (Å²) in [7, 11) is 4.07. The first-order valence-electron chi connectivity index (χ1n) is 5.80. The fourth-order valence-corrected chi connectivity index (χ4v) is 1.85. The van der Waals surface area contributed by atoms with E-state index in [0.717, 1.165) is 12.1 Å². The molecule has 1 aromatic rings. The van der Waals surface area contributed by atoms with E-state index < -0.39 is 6.10 Å². The van der Waals surface area contributed by atoms with Gasteiger partial charge in [0.15, 0.2) is 0 Å². The van der Waals surface area contributed by atoms with Crippen molar-refractivity contribution < 1.29 is 5.11 Å². The summed E-state index contributed by atoms with van der Waals surface area (Å²) in [6.07, 6.45) is -0.489. The Kier molecular flexibility index (Phi) is 5.92. The maximum absolute atomic E-state index is 9.98. The molecule has 0 amide bonds. The van der Waals surface area contributed by atoms with Crippen molar-refractivity contribution in [1.82, 2.24) is 10.2 Å². The molecule has 2 unspecified atom stereocenters. The molecule has 0 aliphatic rings. The number of likely N-dealkylation sites (N-methyl/N-ethyl adjacent to an activating group) is 1. The van der Waals surface area contributed by atoms with Crippen molar-refractivity contribution in [3.8, 4) is 0 Å². The molecule has 0 fully saturated rings. The van der Waals surface area contributed by atoms with Crippen LogP contribution < -0.4 is 5.32 Å². The molecule has 0 bridgehead atoms. The summed E-state index contributed by atoms with van der Waals surface area (Å²) in [4.78, 5) is 2.12. The molecule has 0 radical (unpaired) electrons. The molecule has 0 aliphatic heterocycles. The first kappa shape index (κ1) is 14.5. The molecule has 3 nitrogen and oxygen atoms in total. The van der Waals surface area contributed by atoms with Crippen LogP contribution in [0, 0.1) is 0 Å². The van der Waals surface area contributed by atoms with Crippen molar-refractivity contribution in [2.45, 2.75) is 19.1 Å². The number of aliphatic hydroxyl groups is 1. The highest BCUT2D eigenvalue weighted by Gasteiger charge is 2.09. The SMILES string of the molecule is CC(CN(C)C)NCC(O)c1ccc(Cl)cc1. The van der Waals surface area contributed by atoms with Crippen LogP contribution in [0.2, 0.25) is 5.02 Å². The second kappa shape index (κ2) is 6.97. The van der Waals surface area contributed by atoms with E-state index in [4.69, 9.17) is 11.6 Å². The molecule has 1 rings (SSSR count). The summed E-state index contributed by atoms with van der Waals surface area (Å²) in [5.74, 6) is 0. The highest BCUT2D eigenvalue weighted by Crippen LogP contribution is 2.15. The van der Waals surface area contributed by atoms with Crippen LogP contribution in [0.1, 0.15) is 18.6 Å². The van der Waals surface area contributed by atoms with E-state index in [1.807, 2.05) is 26.2 Å². The highest BCUT2D eigenvalue weighted by atomic mass is 35.5. The molecule has 17 heavy (non-hydrogen) atoms. The van der Waals surface area contributed by atoms with Gasteiger partial charge in [-0.25, -0.2) is 0 Å². The van der Waals surface area contributed by atoms with Gasteiger partial charge in [0, 0.05) is 24.2 Å². The first-order chi connectivity index (χ1) is 7.99. The Labute approximate surface area is 108 Å². The van der Waals surface area contributed by atoms with Crippen LogP contribution in [0.4, 0.5) is 0 Å². The maximum atomic E-state index is 9.98. The third kappa shape index (κ3) is 5.50. The van der Waals surface area contributed by atoms with E-state index in [-0.39, 0.29) is 0 Å². The Bertz CT molecular complexity index is 327. The Morgan fingerprint density at radius 1 is 1.29 bits per heavy atom. The second-order valence-electron chi connectivity index (χ2n) is 4.64. The number of hydrogen-bond donors (Lipinski definition) is 2. The normalized spacial score (nSPS) is 14.9. The van der Waals surface area contributed by atoms with Crippen molar-refractivity contribution in [1.29, 1.82) is 0 Å². The van der Waals surface area contributed by atoms with Gasteiger partial charge in [-0.3, -0.25) is 0 Å². The van der Waals surface area contributed by atoms with Gasteiger partial charge in [0.2, 0.25) is 0 Å². The van der Waals surface area contributed by atoms with Crippen LogP contribution in [0.25, 0.3) is 0 Å². The predicted octanol–water partition coefficient (Wildman–Crippen LogP) is 1.91. The predicted molar refractivity (Wildman–Crippen MR) is 72.4 cm³/mol. The smallest absolute Gasteiger partial charge is 0.0914 e. The zero-order chi connectivity index (χ0) is 12.8. The van der Waals surface area contributed by atoms with Crippen molar-refractivity contribution >= 4 is 11.6 Å². The largest absolute Gasteiger partial charge is 0.387 e. The van der Waals surface area contributed by atoms with E-state index in [2.05, 4.69) is 17.1 Å². The number of rotatable bonds is 6. The van der Waals surface area contributed by atoms with Gasteiger partial charge < -0.3 is 15.3 Å². The number of aliphatic hydroxyl groups excluding tert-OH is 1. The van der Waals surface area contributed by atoms with Crippen molar-refractivity contribution in [3.63, 3.8) is 0 Å². The van der Waals surface area contributed by atoms with Crippen LogP contribution in [-0.4, -0.2) is 43.2 Å². The van der Waals surface area contributed by atoms with Gasteiger partial charge in [-0.2, -0.15) is 0 Å². The fraction of sp³-hybridized carbons (Fsp3) is 0.538. The first-order valence-corrected chi connectivity index (χ1v) is 6.18. The van der Waals surface area contributed by atoms with Crippen LogP contribution in [-0.2, 0) is 0 Å². The lowest BCUT2D eigenvalue weighted by Gasteiger charge is -2.20. The Balaban J connectivity index is 2.39. The molecule has 0 saturated carbocycles. The minimum atomic E-state index is -0.489. The van der Waals surface area contributed by atoms with E-state index in [0.29, 0.717) is 17.6 Å². The van der Waals surface area contributed by atoms with Gasteiger partial charge in [0.05, 0.1) is 6.10 Å². The van der Waals surface area contributed by atoms with Crippen molar-refractivity contribution in [2.24, 2.45) is 0 Å². The molecule has 0 heterocycles. The van der Waals surface area contributed by atoms with Gasteiger partial charge in [0.25, 0.3) is 0 Å². The second-order valence-corrected chi connectivity index (χ2v) is 5.08. The molecular weight excluding hydrogens is 236 g/mol. The van der Waals surface area contributed by atoms with Gasteiger partial charge in [-0.05, 0) is 38.7 Å². The third-order valence-corrected chi connectivity index (χ3v) is 2.81. The van der Waals surface area contributed by atoms with Crippen LogP contribution in [0.3, 0.4) is 0 Å². The van der Waals surface area contributed by atoms with E-state index in [1.165, 1.54) is 0 Å². The maximum Gasteiger partial charge on any atom is 0.0914 e. The minimum absolute atomic E-state index is 0.354. The fourth-order valence-electron chi connectivity index (χ4n) is 1.73. The van der Waals surface area contributed by atoms with Gasteiger partial charge in [-0.15, -0.1) is 0 Å². The molecule has 1 aromatic carbocycles. The Morgan fingerprint density at radius 2 is 1.88 bits per heavy atom. The lowest BCUT2D eigenvalue weighted by molar-refractivity contribution is 0.167. The zero-order valence-electron chi connectivity index (χ0n) is 10.7. The Morgan fingerprint density at radius 3 is 2.41 bits per heavy atom. The van der Waals surface area contributed by atoms with Gasteiger partial charge in [0.1, 0.15) is 0 Å². The molecule has 0 saturated heterocycles. The summed E-state index contributed by atoms with van der Waals surface area (Å²) in [5, 5.41) is 14.0. The van der Waals surface area contributed by atoms with E-state index in [9.17, 15) is 5.11 Å². The number of nitrogens with zero attached hydrogens (tertiary/aromatic N) is 1. The number of nitrogens with one attached hydrogen (secondary N) is 1. The molecular formula is C13H21ClN2O. The topological polar surface area (TPSA) is 35.5 Å². The summed E-state index contributed by atoms with van der Waals surface area (Å²) in [6, 6.07) is 7.65. The Hall–Kier alpha value is -0.610. The van der Waals surface area contributed by atoms with Crippen molar-refractivity contribution in [2.75, 3.05) is 27.2 Å². The molecule has 2 atom stereocenters. The van der Waals surface area contributed by atoms with E-state index in [1.54, 1.807) is 12.1 Å². The molecule has 0 spiro atoms. The summed E-state index contributed by atoms with van der Waals surface area (Å²) in [5.41, 5.74) is 0.888. The molecule has 96 valence electrons. The van der Waals surface area contributed by atoms with E-state index >= 15 is 0 Å². The van der Waals surface area contributed by atoms with Crippen LogP contribution in [0.5, 0.6) is 0 Å². The monoisotopic (exact) mass is 256 g/mol. The molecule has 2 N–H and O–H groups in total. The molecule has 0 aliphatic carbocycles. The lowest BCUT2D eigenvalue weighted by Crippen LogP contribution is -2.37. The molecule has 0 aromatic heterocycles. The average Bonchev–Trinajstić information content (AvgIpc) is 2.26. The van der Waals surface area contributed by atoms with Crippen LogP contribution >= 0.6 is 11.6 Å². The third-order valence-electron chi connectivity index (χ3n) is 2.55. The lowest BCUT2D eigenvalue weighted by atomic mass is 10.1. The average molecular weight is 257 g/mol. The minimum Gasteiger partial charge on any atom is -0.387 e. The number of benzene rings is 1. The summed E-state index contributed by atoms with van der Waals surface area (Å²) < 4.78 is 0. The summed E-state index contributed by atoms with van der Waals surface area (Å²) >= 11 is 5.80. The number of hydrogen-bond acceptors (Lipinski definition) is 3. The van der Waals surface area contributed by atoms with Crippen LogP contribution in [0.15, 0.2) is 24.3 Å². The van der Waals surface area contributed by atoms with Gasteiger partial charge in [-0.1, -0.05) is 23.7 Å². The standard InChI is InChI=1S/C13H21ClN2O/c1-10(9-16(2)3)15-8-13(17)11-4-6-12(14)7-5-11/h4-7,10,13,15,17H,8-9H2,1-3H3. The molecule has 4 heteroatoms. The summed E-state index contributed by atoms with van der Waals surface area (Å²) in [6.45, 7) is 3.61. The highest BCUT2D eigenvalue weighted by molar-refractivity contribution is 6.30. The number of halogens is 1.